The quantitative estimate of drug-likeness (QED) is 0.899. The molecule has 16 heavy (non-hydrogen) atoms. The van der Waals surface area contributed by atoms with Gasteiger partial charge in [-0.25, -0.2) is 0 Å². The van der Waals surface area contributed by atoms with Crippen LogP contribution in [0.5, 0.6) is 0 Å². The van der Waals surface area contributed by atoms with E-state index in [9.17, 15) is 0 Å². The lowest BCUT2D eigenvalue weighted by molar-refractivity contribution is 1.02. The third kappa shape index (κ3) is 2.36. The minimum Gasteiger partial charge on any atom is -0.382 e. The van der Waals surface area contributed by atoms with Crippen molar-refractivity contribution in [2.45, 2.75) is 0 Å². The van der Waals surface area contributed by atoms with Crippen LogP contribution in [0.2, 0.25) is 0 Å². The van der Waals surface area contributed by atoms with Crippen molar-refractivity contribution in [3.8, 4) is 0 Å². The Balaban J connectivity index is 2.58. The van der Waals surface area contributed by atoms with Gasteiger partial charge >= 0.3 is 0 Å². The maximum atomic E-state index is 5.50. The Labute approximate surface area is 111 Å². The Morgan fingerprint density at radius 2 is 2.12 bits per heavy atom. The molecule has 5 heteroatoms. The highest BCUT2D eigenvalue weighted by Crippen LogP contribution is 2.31. The number of rotatable bonds is 3. The number of hydrogen-bond donors (Lipinski definition) is 2. The fourth-order valence-electron chi connectivity index (χ4n) is 1.52. The molecule has 0 fully saturated rings. The normalized spacial score (nSPS) is 10.7. The summed E-state index contributed by atoms with van der Waals surface area (Å²) in [5.74, 6) is 0. The van der Waals surface area contributed by atoms with E-state index in [1.807, 2.05) is 18.2 Å². The van der Waals surface area contributed by atoms with Crippen molar-refractivity contribution in [2.24, 2.45) is 5.73 Å². The summed E-state index contributed by atoms with van der Waals surface area (Å²) in [4.78, 5) is 4.35. The number of nitrogens with two attached hydrogens (primary N) is 1. The fraction of sp³-hybridized carbons (Fsp3) is 0.182. The van der Waals surface area contributed by atoms with Gasteiger partial charge in [0, 0.05) is 29.1 Å². The predicted molar refractivity (Wildman–Crippen MR) is 74.7 cm³/mol. The van der Waals surface area contributed by atoms with Crippen molar-refractivity contribution in [1.29, 1.82) is 0 Å². The zero-order valence-electron chi connectivity index (χ0n) is 8.50. The molecule has 0 unspecified atom stereocenters. The minimum absolute atomic E-state index is 0.601. The fourth-order valence-corrected chi connectivity index (χ4v) is 2.33. The zero-order valence-corrected chi connectivity index (χ0v) is 11.7. The third-order valence-electron chi connectivity index (χ3n) is 2.23. The number of anilines is 1. The lowest BCUT2D eigenvalue weighted by Gasteiger charge is -2.10. The molecule has 0 saturated carbocycles. The summed E-state index contributed by atoms with van der Waals surface area (Å²) in [5.41, 5.74) is 7.50. The Hall–Kier alpha value is -0.650. The number of aromatic nitrogens is 1. The van der Waals surface area contributed by atoms with E-state index in [1.165, 1.54) is 0 Å². The first-order valence-electron chi connectivity index (χ1n) is 4.90. The molecule has 0 atom stereocenters. The molecule has 0 aliphatic carbocycles. The molecule has 0 bridgehead atoms. The van der Waals surface area contributed by atoms with Gasteiger partial charge in [0.1, 0.15) is 0 Å². The summed E-state index contributed by atoms with van der Waals surface area (Å²) >= 11 is 6.95. The topological polar surface area (TPSA) is 50.9 Å². The Bertz CT molecular complexity index is 509. The molecule has 0 aliphatic heterocycles. The standard InChI is InChI=1S/C11H11Br2N3/c12-7-1-2-10-8(5-7)11(15-4-3-14)9(13)6-16-10/h1-2,5-6H,3-4,14H2,(H,15,16). The first-order chi connectivity index (χ1) is 7.72. The van der Waals surface area contributed by atoms with Crippen LogP contribution in [0.15, 0.2) is 33.3 Å². The van der Waals surface area contributed by atoms with Gasteiger partial charge in [0.15, 0.2) is 0 Å². The number of nitrogens with one attached hydrogen (secondary N) is 1. The molecule has 3 N–H and O–H groups in total. The van der Waals surface area contributed by atoms with Gasteiger partial charge in [0.05, 0.1) is 15.7 Å². The van der Waals surface area contributed by atoms with Crippen LogP contribution in [0.25, 0.3) is 10.9 Å². The average molecular weight is 345 g/mol. The summed E-state index contributed by atoms with van der Waals surface area (Å²) in [6, 6.07) is 6.02. The molecule has 3 nitrogen and oxygen atoms in total. The van der Waals surface area contributed by atoms with Crippen molar-refractivity contribution in [2.75, 3.05) is 18.4 Å². The highest BCUT2D eigenvalue weighted by molar-refractivity contribution is 9.11. The van der Waals surface area contributed by atoms with Crippen molar-refractivity contribution >= 4 is 48.5 Å². The highest BCUT2D eigenvalue weighted by Gasteiger charge is 2.06. The molecular formula is C11H11Br2N3. The van der Waals surface area contributed by atoms with Crippen LogP contribution in [0.3, 0.4) is 0 Å². The largest absolute Gasteiger partial charge is 0.382 e. The van der Waals surface area contributed by atoms with Gasteiger partial charge in [0.25, 0.3) is 0 Å². The average Bonchev–Trinajstić information content (AvgIpc) is 2.28. The molecule has 2 aromatic rings. The van der Waals surface area contributed by atoms with Gasteiger partial charge in [-0.2, -0.15) is 0 Å². The SMILES string of the molecule is NCCNc1c(Br)cnc2ccc(Br)cc12. The van der Waals surface area contributed by atoms with Crippen LogP contribution >= 0.6 is 31.9 Å². The van der Waals surface area contributed by atoms with Gasteiger partial charge in [-0.3, -0.25) is 4.98 Å². The van der Waals surface area contributed by atoms with E-state index >= 15 is 0 Å². The van der Waals surface area contributed by atoms with Crippen LogP contribution in [-0.2, 0) is 0 Å². The smallest absolute Gasteiger partial charge is 0.0724 e. The van der Waals surface area contributed by atoms with Crippen LogP contribution in [-0.4, -0.2) is 18.1 Å². The first kappa shape index (κ1) is 11.8. The first-order valence-corrected chi connectivity index (χ1v) is 6.48. The molecule has 0 radical (unpaired) electrons. The van der Waals surface area contributed by atoms with Crippen LogP contribution < -0.4 is 11.1 Å². The van der Waals surface area contributed by atoms with Gasteiger partial charge in [-0.1, -0.05) is 15.9 Å². The molecule has 1 aromatic heterocycles. The summed E-state index contributed by atoms with van der Waals surface area (Å²) in [6.07, 6.45) is 1.80. The Kier molecular flexibility index (Phi) is 3.78. The van der Waals surface area contributed by atoms with Crippen molar-refractivity contribution in [3.05, 3.63) is 33.3 Å². The number of nitrogens with zero attached hydrogens (tertiary/aromatic N) is 1. The van der Waals surface area contributed by atoms with Gasteiger partial charge in [-0.05, 0) is 34.1 Å². The molecule has 1 heterocycles. The number of benzene rings is 1. The summed E-state index contributed by atoms with van der Waals surface area (Å²) in [6.45, 7) is 1.34. The van der Waals surface area contributed by atoms with Crippen molar-refractivity contribution < 1.29 is 0 Å². The monoisotopic (exact) mass is 343 g/mol. The van der Waals surface area contributed by atoms with E-state index in [0.717, 1.165) is 32.1 Å². The van der Waals surface area contributed by atoms with E-state index in [0.29, 0.717) is 6.54 Å². The lowest BCUT2D eigenvalue weighted by Crippen LogP contribution is -2.13. The molecule has 0 saturated heterocycles. The predicted octanol–water partition coefficient (Wildman–Crippen LogP) is 3.13. The maximum Gasteiger partial charge on any atom is 0.0724 e. The zero-order chi connectivity index (χ0) is 11.5. The van der Waals surface area contributed by atoms with E-state index in [-0.39, 0.29) is 0 Å². The van der Waals surface area contributed by atoms with E-state index in [1.54, 1.807) is 6.20 Å². The second kappa shape index (κ2) is 5.12. The van der Waals surface area contributed by atoms with Crippen LogP contribution in [0.1, 0.15) is 0 Å². The third-order valence-corrected chi connectivity index (χ3v) is 3.32. The second-order valence-corrected chi connectivity index (χ2v) is 5.13. The van der Waals surface area contributed by atoms with Crippen LogP contribution in [0, 0.1) is 0 Å². The number of halogens is 2. The Morgan fingerprint density at radius 1 is 1.31 bits per heavy atom. The van der Waals surface area contributed by atoms with E-state index in [4.69, 9.17) is 5.73 Å². The molecule has 2 rings (SSSR count). The van der Waals surface area contributed by atoms with Crippen molar-refractivity contribution in [1.82, 2.24) is 4.98 Å². The van der Waals surface area contributed by atoms with E-state index < -0.39 is 0 Å². The lowest BCUT2D eigenvalue weighted by atomic mass is 10.2. The highest BCUT2D eigenvalue weighted by atomic mass is 79.9. The number of hydrogen-bond acceptors (Lipinski definition) is 3. The molecule has 1 aromatic carbocycles. The summed E-state index contributed by atoms with van der Waals surface area (Å²) in [5, 5.41) is 4.38. The number of fused-ring (bicyclic) bond motifs is 1. The van der Waals surface area contributed by atoms with Crippen LogP contribution in [0.4, 0.5) is 5.69 Å². The second-order valence-electron chi connectivity index (χ2n) is 3.36. The minimum atomic E-state index is 0.601. The number of pyridine rings is 1. The van der Waals surface area contributed by atoms with Gasteiger partial charge in [-0.15, -0.1) is 0 Å². The molecular weight excluding hydrogens is 334 g/mol. The Morgan fingerprint density at radius 3 is 2.88 bits per heavy atom. The molecule has 0 spiro atoms. The van der Waals surface area contributed by atoms with Crippen molar-refractivity contribution in [3.63, 3.8) is 0 Å². The van der Waals surface area contributed by atoms with E-state index in [2.05, 4.69) is 42.2 Å². The van der Waals surface area contributed by atoms with Gasteiger partial charge in [0.2, 0.25) is 0 Å². The maximum absolute atomic E-state index is 5.50. The molecule has 0 amide bonds. The molecule has 0 aliphatic rings. The summed E-state index contributed by atoms with van der Waals surface area (Å²) < 4.78 is 1.99. The molecule has 84 valence electrons. The summed E-state index contributed by atoms with van der Waals surface area (Å²) in [7, 11) is 0. The van der Waals surface area contributed by atoms with Gasteiger partial charge < -0.3 is 11.1 Å².